The van der Waals surface area contributed by atoms with E-state index in [0.717, 1.165) is 32.3 Å². The van der Waals surface area contributed by atoms with Gasteiger partial charge in [-0.05, 0) is 93.0 Å². The number of ketones is 2. The molecule has 0 bridgehead atoms. The first-order valence-electron chi connectivity index (χ1n) is 11.5. The van der Waals surface area contributed by atoms with E-state index < -0.39 is 0 Å². The molecule has 0 aliphatic heterocycles. The number of carbonyl (C=O) groups excluding carboxylic acids is 2. The molecule has 4 heteroatoms. The highest BCUT2D eigenvalue weighted by molar-refractivity contribution is 6.31. The lowest BCUT2D eigenvalue weighted by Gasteiger charge is -2.10. The number of hydrogen-bond donors (Lipinski definition) is 0. The Morgan fingerprint density at radius 2 is 0.722 bits per heavy atom. The number of rotatable bonds is 4. The Morgan fingerprint density at radius 1 is 0.389 bits per heavy atom. The minimum atomic E-state index is -0.0370. The molecular formula is C32H18Cl2O2. The van der Waals surface area contributed by atoms with Gasteiger partial charge in [-0.15, -0.1) is 0 Å². The summed E-state index contributed by atoms with van der Waals surface area (Å²) in [5, 5.41) is 7.54. The van der Waals surface area contributed by atoms with Gasteiger partial charge in [-0.25, -0.2) is 0 Å². The van der Waals surface area contributed by atoms with Crippen LogP contribution >= 0.6 is 23.2 Å². The smallest absolute Gasteiger partial charge is 0.193 e. The van der Waals surface area contributed by atoms with Crippen LogP contribution in [0, 0.1) is 0 Å². The van der Waals surface area contributed by atoms with Gasteiger partial charge < -0.3 is 0 Å². The van der Waals surface area contributed by atoms with Crippen LogP contribution in [0.5, 0.6) is 0 Å². The lowest BCUT2D eigenvalue weighted by atomic mass is 9.93. The zero-order valence-corrected chi connectivity index (χ0v) is 20.5. The van der Waals surface area contributed by atoms with Crippen molar-refractivity contribution in [3.05, 3.63) is 141 Å². The fourth-order valence-electron chi connectivity index (χ4n) is 4.71. The summed E-state index contributed by atoms with van der Waals surface area (Å²) in [4.78, 5) is 25.9. The van der Waals surface area contributed by atoms with E-state index in [0.29, 0.717) is 32.3 Å². The molecule has 0 saturated carbocycles. The van der Waals surface area contributed by atoms with Gasteiger partial charge in [0.15, 0.2) is 11.6 Å². The Hall–Kier alpha value is -3.98. The van der Waals surface area contributed by atoms with Crippen molar-refractivity contribution in [1.29, 1.82) is 0 Å². The highest BCUT2D eigenvalue weighted by atomic mass is 35.5. The minimum Gasteiger partial charge on any atom is -0.289 e. The van der Waals surface area contributed by atoms with Gasteiger partial charge in [-0.1, -0.05) is 71.7 Å². The summed E-state index contributed by atoms with van der Waals surface area (Å²) in [7, 11) is 0. The topological polar surface area (TPSA) is 34.1 Å². The lowest BCUT2D eigenvalue weighted by Crippen LogP contribution is -2.01. The molecule has 0 amide bonds. The predicted octanol–water partition coefficient (Wildman–Crippen LogP) is 8.91. The molecule has 172 valence electrons. The molecule has 6 rings (SSSR count). The lowest BCUT2D eigenvalue weighted by molar-refractivity contribution is 0.103. The van der Waals surface area contributed by atoms with E-state index in [1.54, 1.807) is 48.5 Å². The first kappa shape index (κ1) is 22.5. The van der Waals surface area contributed by atoms with Gasteiger partial charge in [0.05, 0.1) is 0 Å². The summed E-state index contributed by atoms with van der Waals surface area (Å²) in [6, 6.07) is 33.7. The Balaban J connectivity index is 1.40. The maximum Gasteiger partial charge on any atom is 0.193 e. The molecule has 0 radical (unpaired) electrons. The number of hydrogen-bond acceptors (Lipinski definition) is 2. The fourth-order valence-corrected chi connectivity index (χ4v) is 4.96. The first-order chi connectivity index (χ1) is 17.5. The zero-order chi connectivity index (χ0) is 24.8. The third kappa shape index (κ3) is 3.95. The number of benzene rings is 6. The molecule has 0 aliphatic carbocycles. The molecule has 6 aromatic carbocycles. The number of fused-ring (bicyclic) bond motifs is 5. The molecule has 36 heavy (non-hydrogen) atoms. The van der Waals surface area contributed by atoms with E-state index >= 15 is 0 Å². The van der Waals surface area contributed by atoms with Gasteiger partial charge in [0.2, 0.25) is 0 Å². The summed E-state index contributed by atoms with van der Waals surface area (Å²) >= 11 is 11.9. The molecule has 0 atom stereocenters. The molecular weight excluding hydrogens is 487 g/mol. The van der Waals surface area contributed by atoms with Crippen molar-refractivity contribution in [3.8, 4) is 0 Å². The van der Waals surface area contributed by atoms with Gasteiger partial charge in [-0.3, -0.25) is 9.59 Å². The third-order valence-corrected chi connectivity index (χ3v) is 7.07. The molecule has 0 spiro atoms. The van der Waals surface area contributed by atoms with Crippen LogP contribution in [0.1, 0.15) is 31.8 Å². The minimum absolute atomic E-state index is 0.0370. The van der Waals surface area contributed by atoms with Crippen molar-refractivity contribution >= 4 is 67.1 Å². The molecule has 2 nitrogen and oxygen atoms in total. The molecule has 0 N–H and O–H groups in total. The van der Waals surface area contributed by atoms with Crippen molar-refractivity contribution in [1.82, 2.24) is 0 Å². The van der Waals surface area contributed by atoms with Crippen LogP contribution in [0.4, 0.5) is 0 Å². The second-order valence-corrected chi connectivity index (χ2v) is 9.64. The van der Waals surface area contributed by atoms with Crippen LogP contribution in [0.2, 0.25) is 10.0 Å². The normalized spacial score (nSPS) is 11.3. The summed E-state index contributed by atoms with van der Waals surface area (Å²) in [6.07, 6.45) is 0. The average molecular weight is 505 g/mol. The zero-order valence-electron chi connectivity index (χ0n) is 19.0. The third-order valence-electron chi connectivity index (χ3n) is 6.57. The van der Waals surface area contributed by atoms with Crippen molar-refractivity contribution in [2.75, 3.05) is 0 Å². The highest BCUT2D eigenvalue weighted by Gasteiger charge is 2.13. The summed E-state index contributed by atoms with van der Waals surface area (Å²) in [6.45, 7) is 0. The second kappa shape index (κ2) is 8.91. The van der Waals surface area contributed by atoms with Crippen LogP contribution in [0.25, 0.3) is 32.3 Å². The average Bonchev–Trinajstić information content (AvgIpc) is 2.92. The summed E-state index contributed by atoms with van der Waals surface area (Å²) < 4.78 is 0. The number of carbonyl (C=O) groups is 2. The Morgan fingerprint density at radius 3 is 1.11 bits per heavy atom. The molecule has 0 heterocycles. The van der Waals surface area contributed by atoms with E-state index in [9.17, 15) is 9.59 Å². The predicted molar refractivity (Wildman–Crippen MR) is 149 cm³/mol. The van der Waals surface area contributed by atoms with Crippen LogP contribution in [0.3, 0.4) is 0 Å². The Kier molecular flexibility index (Phi) is 5.56. The monoisotopic (exact) mass is 504 g/mol. The van der Waals surface area contributed by atoms with E-state index in [2.05, 4.69) is 12.1 Å². The molecule has 0 saturated heterocycles. The van der Waals surface area contributed by atoms with Crippen molar-refractivity contribution in [3.63, 3.8) is 0 Å². The van der Waals surface area contributed by atoms with Crippen LogP contribution in [-0.2, 0) is 0 Å². The van der Waals surface area contributed by atoms with Crippen molar-refractivity contribution < 1.29 is 9.59 Å². The van der Waals surface area contributed by atoms with Crippen LogP contribution in [0.15, 0.2) is 109 Å². The maximum absolute atomic E-state index is 13.0. The largest absolute Gasteiger partial charge is 0.289 e. The van der Waals surface area contributed by atoms with E-state index in [4.69, 9.17) is 23.2 Å². The standard InChI is InChI=1S/C32H18Cl2O2/c33-25-9-1-19(2-10-25)31(35)23-7-13-27-21(17-23)5-15-30-28-14-8-24(18-22(28)6-16-29(27)30)32(36)20-3-11-26(34)12-4-20/h1-18H. The first-order valence-corrected chi connectivity index (χ1v) is 12.2. The summed E-state index contributed by atoms with van der Waals surface area (Å²) in [5.41, 5.74) is 2.48. The molecule has 0 unspecified atom stereocenters. The van der Waals surface area contributed by atoms with Gasteiger partial charge in [-0.2, -0.15) is 0 Å². The summed E-state index contributed by atoms with van der Waals surface area (Å²) in [5.74, 6) is -0.0740. The second-order valence-electron chi connectivity index (χ2n) is 8.77. The van der Waals surface area contributed by atoms with Crippen LogP contribution < -0.4 is 0 Å². The fraction of sp³-hybridized carbons (Fsp3) is 0. The number of halogens is 2. The van der Waals surface area contributed by atoms with E-state index in [-0.39, 0.29) is 11.6 Å². The van der Waals surface area contributed by atoms with Crippen LogP contribution in [-0.4, -0.2) is 11.6 Å². The molecule has 0 aromatic heterocycles. The van der Waals surface area contributed by atoms with Crippen molar-refractivity contribution in [2.45, 2.75) is 0 Å². The van der Waals surface area contributed by atoms with Gasteiger partial charge >= 0.3 is 0 Å². The van der Waals surface area contributed by atoms with Gasteiger partial charge in [0.25, 0.3) is 0 Å². The van der Waals surface area contributed by atoms with E-state index in [1.807, 2.05) is 48.5 Å². The maximum atomic E-state index is 13.0. The Labute approximate surface area is 217 Å². The van der Waals surface area contributed by atoms with E-state index in [1.165, 1.54) is 0 Å². The highest BCUT2D eigenvalue weighted by Crippen LogP contribution is 2.33. The van der Waals surface area contributed by atoms with Gasteiger partial charge in [0.1, 0.15) is 0 Å². The SMILES string of the molecule is O=C(c1ccc(Cl)cc1)c1ccc2c(ccc3c4ccc(C(=O)c5ccc(Cl)cc5)cc4ccc23)c1. The Bertz CT molecular complexity index is 1680. The van der Waals surface area contributed by atoms with Crippen molar-refractivity contribution in [2.24, 2.45) is 0 Å². The van der Waals surface area contributed by atoms with Gasteiger partial charge in [0, 0.05) is 32.3 Å². The molecule has 6 aromatic rings. The quantitative estimate of drug-likeness (QED) is 0.177. The molecule has 0 aliphatic rings. The molecule has 0 fully saturated rings.